The Morgan fingerprint density at radius 2 is 2.12 bits per heavy atom. The summed E-state index contributed by atoms with van der Waals surface area (Å²) in [4.78, 5) is 0. The summed E-state index contributed by atoms with van der Waals surface area (Å²) >= 11 is 0. The molecule has 0 aliphatic carbocycles. The van der Waals surface area contributed by atoms with E-state index in [2.05, 4.69) is 0 Å². The fraction of sp³-hybridized carbons (Fsp3) is 0.500. The lowest BCUT2D eigenvalue weighted by atomic mass is 10.2. The third-order valence-electron chi connectivity index (χ3n) is 2.62. The van der Waals surface area contributed by atoms with Gasteiger partial charge in [0.1, 0.15) is 5.75 Å². The van der Waals surface area contributed by atoms with Crippen LogP contribution < -0.4 is 4.74 Å². The van der Waals surface area contributed by atoms with Crippen LogP contribution in [-0.2, 0) is 9.47 Å². The summed E-state index contributed by atoms with van der Waals surface area (Å²) in [7, 11) is 1.63. The van der Waals surface area contributed by atoms with Gasteiger partial charge < -0.3 is 19.3 Å². The van der Waals surface area contributed by atoms with Crippen molar-refractivity contribution in [1.82, 2.24) is 0 Å². The Kier molecular flexibility index (Phi) is 3.77. The van der Waals surface area contributed by atoms with Crippen LogP contribution in [0.5, 0.6) is 5.75 Å². The summed E-state index contributed by atoms with van der Waals surface area (Å²) < 4.78 is 16.2. The average molecular weight is 224 g/mol. The Balaban J connectivity index is 2.05. The highest BCUT2D eigenvalue weighted by molar-refractivity contribution is 5.27. The SMILES string of the molecule is COc1ccc([C@@H]2OCCC(CO)O2)cc1. The number of methoxy groups -OCH3 is 1. The molecule has 1 fully saturated rings. The van der Waals surface area contributed by atoms with Gasteiger partial charge in [-0.25, -0.2) is 0 Å². The lowest BCUT2D eigenvalue weighted by molar-refractivity contribution is -0.224. The van der Waals surface area contributed by atoms with Crippen LogP contribution in [0.3, 0.4) is 0 Å². The minimum absolute atomic E-state index is 0.0377. The number of aliphatic hydroxyl groups is 1. The Morgan fingerprint density at radius 3 is 2.75 bits per heavy atom. The summed E-state index contributed by atoms with van der Waals surface area (Å²) in [6, 6.07) is 7.54. The molecule has 1 aromatic carbocycles. The molecule has 88 valence electrons. The molecule has 4 heteroatoms. The highest BCUT2D eigenvalue weighted by Crippen LogP contribution is 2.27. The second kappa shape index (κ2) is 5.30. The molecule has 1 aromatic rings. The molecule has 1 heterocycles. The zero-order chi connectivity index (χ0) is 11.4. The van der Waals surface area contributed by atoms with Crippen LogP contribution in [0.2, 0.25) is 0 Å². The summed E-state index contributed by atoms with van der Waals surface area (Å²) in [6.07, 6.45) is 0.237. The summed E-state index contributed by atoms with van der Waals surface area (Å²) in [5.74, 6) is 0.804. The molecule has 0 radical (unpaired) electrons. The Morgan fingerprint density at radius 1 is 1.38 bits per heavy atom. The molecule has 1 saturated heterocycles. The van der Waals surface area contributed by atoms with E-state index in [1.807, 2.05) is 24.3 Å². The lowest BCUT2D eigenvalue weighted by Crippen LogP contribution is -2.29. The van der Waals surface area contributed by atoms with Gasteiger partial charge in [0, 0.05) is 5.56 Å². The normalized spacial score (nSPS) is 25.4. The topological polar surface area (TPSA) is 47.9 Å². The Labute approximate surface area is 94.8 Å². The number of aliphatic hydroxyl groups excluding tert-OH is 1. The molecule has 16 heavy (non-hydrogen) atoms. The summed E-state index contributed by atoms with van der Waals surface area (Å²) in [5.41, 5.74) is 0.943. The number of ether oxygens (including phenoxy) is 3. The van der Waals surface area contributed by atoms with Gasteiger partial charge in [-0.2, -0.15) is 0 Å². The minimum Gasteiger partial charge on any atom is -0.497 e. The van der Waals surface area contributed by atoms with Crippen LogP contribution in [0.25, 0.3) is 0 Å². The van der Waals surface area contributed by atoms with Crippen molar-refractivity contribution in [1.29, 1.82) is 0 Å². The van der Waals surface area contributed by atoms with Crippen molar-refractivity contribution in [3.8, 4) is 5.75 Å². The fourth-order valence-corrected chi connectivity index (χ4v) is 1.66. The molecule has 0 aromatic heterocycles. The van der Waals surface area contributed by atoms with Crippen LogP contribution >= 0.6 is 0 Å². The van der Waals surface area contributed by atoms with Gasteiger partial charge in [0.25, 0.3) is 0 Å². The summed E-state index contributed by atoms with van der Waals surface area (Å²) in [6.45, 7) is 0.651. The molecule has 2 atom stereocenters. The van der Waals surface area contributed by atoms with E-state index in [0.717, 1.165) is 17.7 Å². The minimum atomic E-state index is -0.378. The molecule has 0 spiro atoms. The maximum atomic E-state index is 9.04. The van der Waals surface area contributed by atoms with Crippen LogP contribution in [0.1, 0.15) is 18.3 Å². The highest BCUT2D eigenvalue weighted by atomic mass is 16.7. The van der Waals surface area contributed by atoms with Crippen LogP contribution in [0.4, 0.5) is 0 Å². The van der Waals surface area contributed by atoms with Gasteiger partial charge in [0.15, 0.2) is 6.29 Å². The maximum absolute atomic E-state index is 9.04. The van der Waals surface area contributed by atoms with Gasteiger partial charge in [-0.05, 0) is 18.6 Å². The standard InChI is InChI=1S/C12H16O4/c1-14-10-4-2-9(3-5-10)12-15-7-6-11(8-13)16-12/h2-5,11-13H,6-8H2,1H3/t11?,12-/m1/s1. The molecule has 0 bridgehead atoms. The quantitative estimate of drug-likeness (QED) is 0.845. The van der Waals surface area contributed by atoms with E-state index in [9.17, 15) is 0 Å². The molecule has 1 unspecified atom stereocenters. The van der Waals surface area contributed by atoms with Gasteiger partial charge in [0.05, 0.1) is 26.4 Å². The first-order valence-corrected chi connectivity index (χ1v) is 5.35. The largest absolute Gasteiger partial charge is 0.497 e. The van der Waals surface area contributed by atoms with Gasteiger partial charge >= 0.3 is 0 Å². The predicted octanol–water partition coefficient (Wildman–Crippen LogP) is 1.49. The van der Waals surface area contributed by atoms with Crippen molar-refractivity contribution >= 4 is 0 Å². The van der Waals surface area contributed by atoms with E-state index >= 15 is 0 Å². The zero-order valence-corrected chi connectivity index (χ0v) is 9.26. The third-order valence-corrected chi connectivity index (χ3v) is 2.62. The van der Waals surface area contributed by atoms with E-state index in [1.54, 1.807) is 7.11 Å². The van der Waals surface area contributed by atoms with Crippen molar-refractivity contribution < 1.29 is 19.3 Å². The second-order valence-corrected chi connectivity index (χ2v) is 3.71. The first kappa shape index (κ1) is 11.4. The highest BCUT2D eigenvalue weighted by Gasteiger charge is 2.23. The Hall–Kier alpha value is -1.10. The molecule has 4 nitrogen and oxygen atoms in total. The molecule has 0 amide bonds. The first-order chi connectivity index (χ1) is 7.83. The Bertz CT molecular complexity index is 322. The molecule has 1 aliphatic rings. The van der Waals surface area contributed by atoms with Crippen molar-refractivity contribution in [2.24, 2.45) is 0 Å². The number of hydrogen-bond donors (Lipinski definition) is 1. The van der Waals surface area contributed by atoms with E-state index in [1.165, 1.54) is 0 Å². The monoisotopic (exact) mass is 224 g/mol. The van der Waals surface area contributed by atoms with Gasteiger partial charge in [0.2, 0.25) is 0 Å². The molecule has 1 N–H and O–H groups in total. The van der Waals surface area contributed by atoms with E-state index < -0.39 is 0 Å². The van der Waals surface area contributed by atoms with Crippen LogP contribution in [0.15, 0.2) is 24.3 Å². The molecule has 0 saturated carbocycles. The van der Waals surface area contributed by atoms with Gasteiger partial charge in [-0.3, -0.25) is 0 Å². The average Bonchev–Trinajstić information content (AvgIpc) is 2.39. The zero-order valence-electron chi connectivity index (χ0n) is 9.26. The van der Waals surface area contributed by atoms with Crippen LogP contribution in [-0.4, -0.2) is 31.5 Å². The predicted molar refractivity (Wildman–Crippen MR) is 58.3 cm³/mol. The molecular weight excluding hydrogens is 208 g/mol. The van der Waals surface area contributed by atoms with Crippen molar-refractivity contribution in [3.05, 3.63) is 29.8 Å². The van der Waals surface area contributed by atoms with Crippen molar-refractivity contribution in [3.63, 3.8) is 0 Å². The maximum Gasteiger partial charge on any atom is 0.184 e. The fourth-order valence-electron chi connectivity index (χ4n) is 1.66. The number of rotatable bonds is 3. The molecule has 1 aliphatic heterocycles. The number of benzene rings is 1. The smallest absolute Gasteiger partial charge is 0.184 e. The third kappa shape index (κ3) is 2.52. The van der Waals surface area contributed by atoms with Crippen molar-refractivity contribution in [2.75, 3.05) is 20.3 Å². The first-order valence-electron chi connectivity index (χ1n) is 5.35. The van der Waals surface area contributed by atoms with Crippen molar-refractivity contribution in [2.45, 2.75) is 18.8 Å². The second-order valence-electron chi connectivity index (χ2n) is 3.71. The van der Waals surface area contributed by atoms with E-state index in [4.69, 9.17) is 19.3 Å². The number of hydrogen-bond acceptors (Lipinski definition) is 4. The lowest BCUT2D eigenvalue weighted by Gasteiger charge is -2.29. The summed E-state index contributed by atoms with van der Waals surface area (Å²) in [5, 5.41) is 9.04. The van der Waals surface area contributed by atoms with Gasteiger partial charge in [-0.1, -0.05) is 12.1 Å². The van der Waals surface area contributed by atoms with E-state index in [0.29, 0.717) is 6.61 Å². The molecule has 2 rings (SSSR count). The molecular formula is C12H16O4. The van der Waals surface area contributed by atoms with E-state index in [-0.39, 0.29) is 19.0 Å². The van der Waals surface area contributed by atoms with Gasteiger partial charge in [-0.15, -0.1) is 0 Å². The van der Waals surface area contributed by atoms with Crippen LogP contribution in [0, 0.1) is 0 Å².